The van der Waals surface area contributed by atoms with Crippen molar-refractivity contribution in [2.75, 3.05) is 0 Å². The maximum atomic E-state index is 13.7. The van der Waals surface area contributed by atoms with Gasteiger partial charge in [-0.1, -0.05) is 36.4 Å². The molecule has 0 radical (unpaired) electrons. The highest BCUT2D eigenvalue weighted by molar-refractivity contribution is 8.07. The van der Waals surface area contributed by atoms with Gasteiger partial charge in [0.05, 0.1) is 24.1 Å². The van der Waals surface area contributed by atoms with Crippen LogP contribution in [-0.4, -0.2) is 0 Å². The molecular weight excluding hydrogens is 324 g/mol. The third-order valence-corrected chi connectivity index (χ3v) is 4.02. The van der Waals surface area contributed by atoms with E-state index in [0.717, 1.165) is 12.1 Å². The average molecular weight is 334 g/mol. The maximum absolute atomic E-state index is 13.7. The summed E-state index contributed by atoms with van der Waals surface area (Å²) in [4.78, 5) is 0. The van der Waals surface area contributed by atoms with E-state index in [1.807, 2.05) is 0 Å². The molecular formula is C14H10F4OS2. The van der Waals surface area contributed by atoms with E-state index in [0.29, 0.717) is 0 Å². The zero-order valence-electron chi connectivity index (χ0n) is 10.5. The van der Waals surface area contributed by atoms with E-state index in [1.54, 1.807) is 0 Å². The SMILES string of the molecule is Fc1ccccc1C(F)SOSC(F)c1ccccc1F. The second-order valence-corrected chi connectivity index (χ2v) is 5.69. The molecule has 0 fully saturated rings. The fourth-order valence-corrected chi connectivity index (χ4v) is 2.84. The number of hydrogen-bond donors (Lipinski definition) is 0. The Bertz CT molecular complexity index is 545. The highest BCUT2D eigenvalue weighted by Gasteiger charge is 2.20. The molecule has 2 unspecified atom stereocenters. The molecule has 0 aliphatic carbocycles. The largest absolute Gasteiger partial charge is 0.241 e. The summed E-state index contributed by atoms with van der Waals surface area (Å²) in [6, 6.07) is 10.6. The van der Waals surface area contributed by atoms with Crippen LogP contribution in [0.4, 0.5) is 17.6 Å². The number of rotatable bonds is 6. The predicted octanol–water partition coefficient (Wildman–Crippen LogP) is 5.91. The first kappa shape index (κ1) is 16.2. The lowest BCUT2D eigenvalue weighted by atomic mass is 10.2. The topological polar surface area (TPSA) is 9.23 Å². The fourth-order valence-electron chi connectivity index (χ4n) is 1.51. The van der Waals surface area contributed by atoms with E-state index >= 15 is 0 Å². The molecule has 0 saturated heterocycles. The molecule has 0 spiro atoms. The van der Waals surface area contributed by atoms with E-state index in [4.69, 9.17) is 3.63 Å². The Morgan fingerprint density at radius 3 is 1.48 bits per heavy atom. The van der Waals surface area contributed by atoms with E-state index in [-0.39, 0.29) is 35.2 Å². The summed E-state index contributed by atoms with van der Waals surface area (Å²) in [5.74, 6) is -1.42. The molecule has 7 heteroatoms. The minimum absolute atomic E-state index is 0.190. The van der Waals surface area contributed by atoms with Crippen molar-refractivity contribution >= 4 is 24.1 Å². The normalized spacial score (nSPS) is 13.9. The van der Waals surface area contributed by atoms with Gasteiger partial charge >= 0.3 is 0 Å². The van der Waals surface area contributed by atoms with Gasteiger partial charge in [0.25, 0.3) is 0 Å². The Morgan fingerprint density at radius 1 is 0.714 bits per heavy atom. The van der Waals surface area contributed by atoms with Crippen LogP contribution >= 0.6 is 24.1 Å². The van der Waals surface area contributed by atoms with Crippen LogP contribution in [-0.2, 0) is 3.63 Å². The third kappa shape index (κ3) is 4.39. The van der Waals surface area contributed by atoms with Crippen LogP contribution in [0, 0.1) is 11.6 Å². The Balaban J connectivity index is 1.87. The Kier molecular flexibility index (Phi) is 5.96. The van der Waals surface area contributed by atoms with Gasteiger partial charge in [-0.25, -0.2) is 21.2 Å². The predicted molar refractivity (Wildman–Crippen MR) is 76.8 cm³/mol. The Morgan fingerprint density at radius 2 is 1.10 bits per heavy atom. The summed E-state index contributed by atoms with van der Waals surface area (Å²) >= 11 is 0.533. The molecule has 0 bridgehead atoms. The molecule has 0 heterocycles. The highest BCUT2D eigenvalue weighted by atomic mass is 32.2. The smallest absolute Gasteiger partial charge is 0.200 e. The van der Waals surface area contributed by atoms with Crippen molar-refractivity contribution < 1.29 is 21.2 Å². The molecule has 2 aromatic carbocycles. The number of hydrogen-bond acceptors (Lipinski definition) is 3. The van der Waals surface area contributed by atoms with Crippen LogP contribution in [0.5, 0.6) is 0 Å². The monoisotopic (exact) mass is 334 g/mol. The average Bonchev–Trinajstić information content (AvgIpc) is 2.48. The molecule has 0 amide bonds. The molecule has 21 heavy (non-hydrogen) atoms. The molecule has 2 atom stereocenters. The molecule has 0 aromatic heterocycles. The van der Waals surface area contributed by atoms with E-state index in [9.17, 15) is 17.6 Å². The van der Waals surface area contributed by atoms with Crippen molar-refractivity contribution in [3.63, 3.8) is 0 Å². The Labute approximate surface area is 128 Å². The minimum atomic E-state index is -1.80. The standard InChI is InChI=1S/C14H10F4OS2/c15-11-7-3-1-5-9(11)13(17)20-19-21-14(18)10-6-2-4-8-12(10)16/h1-8,13-14H. The molecule has 2 rings (SSSR count). The van der Waals surface area contributed by atoms with Crippen molar-refractivity contribution in [1.82, 2.24) is 0 Å². The number of halogens is 4. The van der Waals surface area contributed by atoms with Gasteiger partial charge in [-0.05, 0) is 12.1 Å². The molecule has 2 aromatic rings. The summed E-state index contributed by atoms with van der Waals surface area (Å²) in [5, 5.41) is 0. The van der Waals surface area contributed by atoms with Crippen molar-refractivity contribution in [1.29, 1.82) is 0 Å². The van der Waals surface area contributed by atoms with Gasteiger partial charge in [0.2, 0.25) is 0 Å². The van der Waals surface area contributed by atoms with Crippen LogP contribution in [0.2, 0.25) is 0 Å². The lowest BCUT2D eigenvalue weighted by Gasteiger charge is -2.10. The van der Waals surface area contributed by atoms with Gasteiger partial charge in [0, 0.05) is 11.1 Å². The van der Waals surface area contributed by atoms with Crippen molar-refractivity contribution in [2.45, 2.75) is 11.0 Å². The summed E-state index contributed by atoms with van der Waals surface area (Å²) in [6.45, 7) is 0. The minimum Gasteiger partial charge on any atom is -0.241 e. The molecule has 0 aliphatic rings. The summed E-state index contributed by atoms with van der Waals surface area (Å²) < 4.78 is 58.8. The highest BCUT2D eigenvalue weighted by Crippen LogP contribution is 2.40. The van der Waals surface area contributed by atoms with Gasteiger partial charge in [-0.15, -0.1) is 0 Å². The first-order chi connectivity index (χ1) is 10.1. The van der Waals surface area contributed by atoms with E-state index in [1.165, 1.54) is 36.4 Å². The molecule has 0 N–H and O–H groups in total. The third-order valence-electron chi connectivity index (χ3n) is 2.55. The van der Waals surface area contributed by atoms with Gasteiger partial charge < -0.3 is 0 Å². The van der Waals surface area contributed by atoms with Gasteiger partial charge in [0.1, 0.15) is 11.6 Å². The van der Waals surface area contributed by atoms with Crippen molar-refractivity contribution in [3.05, 3.63) is 71.3 Å². The molecule has 0 aliphatic heterocycles. The van der Waals surface area contributed by atoms with Crippen LogP contribution in [0.3, 0.4) is 0 Å². The van der Waals surface area contributed by atoms with Gasteiger partial charge in [-0.2, -0.15) is 0 Å². The summed E-state index contributed by atoms with van der Waals surface area (Å²) in [6.07, 6.45) is 0. The quantitative estimate of drug-likeness (QED) is 0.480. The fraction of sp³-hybridized carbons (Fsp3) is 0.143. The number of benzene rings is 2. The van der Waals surface area contributed by atoms with Crippen molar-refractivity contribution in [3.8, 4) is 0 Å². The van der Waals surface area contributed by atoms with E-state index in [2.05, 4.69) is 0 Å². The lowest BCUT2D eigenvalue weighted by molar-refractivity contribution is 0.426. The summed E-state index contributed by atoms with van der Waals surface area (Å²) in [5.41, 5.74) is -3.98. The first-order valence-electron chi connectivity index (χ1n) is 5.85. The molecule has 1 nitrogen and oxygen atoms in total. The molecule has 0 saturated carbocycles. The Hall–Kier alpha value is -1.18. The zero-order valence-corrected chi connectivity index (χ0v) is 12.1. The lowest BCUT2D eigenvalue weighted by Crippen LogP contribution is -1.93. The second kappa shape index (κ2) is 7.72. The maximum Gasteiger partial charge on any atom is 0.200 e. The van der Waals surface area contributed by atoms with Gasteiger partial charge in [-0.3, -0.25) is 0 Å². The number of alkyl halides is 2. The van der Waals surface area contributed by atoms with Crippen LogP contribution in [0.15, 0.2) is 48.5 Å². The van der Waals surface area contributed by atoms with Crippen LogP contribution < -0.4 is 0 Å². The van der Waals surface area contributed by atoms with Crippen LogP contribution in [0.25, 0.3) is 0 Å². The van der Waals surface area contributed by atoms with Gasteiger partial charge in [0.15, 0.2) is 11.0 Å². The van der Waals surface area contributed by atoms with E-state index < -0.39 is 22.6 Å². The van der Waals surface area contributed by atoms with Crippen molar-refractivity contribution in [2.24, 2.45) is 0 Å². The second-order valence-electron chi connectivity index (χ2n) is 3.94. The first-order valence-corrected chi connectivity index (χ1v) is 7.46. The van der Waals surface area contributed by atoms with Crippen LogP contribution in [0.1, 0.15) is 22.1 Å². The summed E-state index contributed by atoms with van der Waals surface area (Å²) in [7, 11) is 0. The zero-order chi connectivity index (χ0) is 15.2. The molecule has 112 valence electrons.